The van der Waals surface area contributed by atoms with Gasteiger partial charge in [0, 0.05) is 6.04 Å². The topological polar surface area (TPSA) is 68.0 Å². The largest absolute Gasteiger partial charge is 0.375 e. The molecule has 18 heavy (non-hydrogen) atoms. The molecular formula is C13H19N3OS. The smallest absolute Gasteiger partial charge is 0.263 e. The van der Waals surface area contributed by atoms with Gasteiger partial charge >= 0.3 is 0 Å². The molecule has 0 aromatic carbocycles. The fourth-order valence-corrected chi connectivity index (χ4v) is 4.34. The number of nitrogen functional groups attached to an aromatic ring is 1. The van der Waals surface area contributed by atoms with Gasteiger partial charge in [-0.2, -0.15) is 0 Å². The van der Waals surface area contributed by atoms with Gasteiger partial charge in [0.05, 0.1) is 5.69 Å². The van der Waals surface area contributed by atoms with E-state index in [1.54, 1.807) is 0 Å². The lowest BCUT2D eigenvalue weighted by Crippen LogP contribution is -2.37. The van der Waals surface area contributed by atoms with Crippen molar-refractivity contribution >= 4 is 22.4 Å². The highest BCUT2D eigenvalue weighted by Crippen LogP contribution is 2.44. The predicted octanol–water partition coefficient (Wildman–Crippen LogP) is 2.34. The summed E-state index contributed by atoms with van der Waals surface area (Å²) in [6.45, 7) is 1.84. The SMILES string of the molecule is Cc1nc(N)sc1C(=O)N[C@@H]1CC[C@H]2CCC[C@H]21. The Labute approximate surface area is 111 Å². The highest BCUT2D eigenvalue weighted by atomic mass is 32.1. The van der Waals surface area contributed by atoms with Crippen molar-refractivity contribution in [3.05, 3.63) is 10.6 Å². The van der Waals surface area contributed by atoms with Crippen LogP contribution in [0.3, 0.4) is 0 Å². The number of rotatable bonds is 2. The van der Waals surface area contributed by atoms with Gasteiger partial charge in [-0.1, -0.05) is 24.2 Å². The first-order valence-electron chi connectivity index (χ1n) is 6.69. The van der Waals surface area contributed by atoms with Crippen molar-refractivity contribution < 1.29 is 4.79 Å². The standard InChI is InChI=1S/C13H19N3OS/c1-7-11(18-13(14)15-7)12(17)16-10-6-5-8-3-2-4-9(8)10/h8-10H,2-6H2,1H3,(H2,14,15)(H,16,17)/t8-,9-,10-/m1/s1. The highest BCUT2D eigenvalue weighted by Gasteiger charge is 2.39. The molecule has 1 aromatic rings. The molecular weight excluding hydrogens is 246 g/mol. The number of carbonyl (C=O) groups is 1. The molecule has 2 fully saturated rings. The molecule has 0 aliphatic heterocycles. The molecule has 1 amide bonds. The van der Waals surface area contributed by atoms with E-state index in [4.69, 9.17) is 5.73 Å². The molecule has 98 valence electrons. The lowest BCUT2D eigenvalue weighted by molar-refractivity contribution is 0.0930. The van der Waals surface area contributed by atoms with Gasteiger partial charge in [-0.25, -0.2) is 4.98 Å². The maximum Gasteiger partial charge on any atom is 0.263 e. The van der Waals surface area contributed by atoms with Crippen molar-refractivity contribution in [2.24, 2.45) is 11.8 Å². The lowest BCUT2D eigenvalue weighted by Gasteiger charge is -2.19. The molecule has 4 nitrogen and oxygen atoms in total. The molecule has 5 heteroatoms. The molecule has 0 unspecified atom stereocenters. The molecule has 2 saturated carbocycles. The monoisotopic (exact) mass is 265 g/mol. The van der Waals surface area contributed by atoms with Crippen molar-refractivity contribution in [1.29, 1.82) is 0 Å². The maximum atomic E-state index is 12.2. The Bertz CT molecular complexity index is 471. The summed E-state index contributed by atoms with van der Waals surface area (Å²) in [5, 5.41) is 3.67. The first-order chi connectivity index (χ1) is 8.65. The van der Waals surface area contributed by atoms with Crippen LogP contribution in [0.4, 0.5) is 5.13 Å². The third-order valence-corrected chi connectivity index (χ3v) is 5.40. The van der Waals surface area contributed by atoms with E-state index in [0.717, 1.165) is 18.0 Å². The summed E-state index contributed by atoms with van der Waals surface area (Å²) in [7, 11) is 0. The van der Waals surface area contributed by atoms with Crippen LogP contribution < -0.4 is 11.1 Å². The molecule has 1 aromatic heterocycles. The molecule has 0 bridgehead atoms. The molecule has 0 saturated heterocycles. The predicted molar refractivity (Wildman–Crippen MR) is 72.6 cm³/mol. The number of fused-ring (bicyclic) bond motifs is 1. The van der Waals surface area contributed by atoms with E-state index >= 15 is 0 Å². The fourth-order valence-electron chi connectivity index (χ4n) is 3.60. The Morgan fingerprint density at radius 1 is 1.39 bits per heavy atom. The second kappa shape index (κ2) is 4.53. The van der Waals surface area contributed by atoms with Crippen molar-refractivity contribution in [3.8, 4) is 0 Å². The lowest BCUT2D eigenvalue weighted by atomic mass is 9.97. The normalized spacial score (nSPS) is 30.4. The molecule has 2 aliphatic carbocycles. The van der Waals surface area contributed by atoms with E-state index in [9.17, 15) is 4.79 Å². The Morgan fingerprint density at radius 3 is 2.94 bits per heavy atom. The minimum atomic E-state index is 0.0132. The second-order valence-electron chi connectivity index (χ2n) is 5.48. The third kappa shape index (κ3) is 2.00. The third-order valence-electron chi connectivity index (χ3n) is 4.42. The van der Waals surface area contributed by atoms with Crippen molar-refractivity contribution in [2.45, 2.75) is 45.1 Å². The summed E-state index contributed by atoms with van der Waals surface area (Å²) in [4.78, 5) is 17.0. The van der Waals surface area contributed by atoms with E-state index < -0.39 is 0 Å². The summed E-state index contributed by atoms with van der Waals surface area (Å²) < 4.78 is 0. The van der Waals surface area contributed by atoms with Crippen LogP contribution in [0.1, 0.15) is 47.5 Å². The van der Waals surface area contributed by atoms with Crippen LogP contribution in [0.5, 0.6) is 0 Å². The Balaban J connectivity index is 1.69. The zero-order chi connectivity index (χ0) is 12.7. The number of anilines is 1. The number of amides is 1. The van der Waals surface area contributed by atoms with Crippen LogP contribution >= 0.6 is 11.3 Å². The number of aromatic nitrogens is 1. The quantitative estimate of drug-likeness (QED) is 0.862. The van der Waals surface area contributed by atoms with Gasteiger partial charge in [-0.3, -0.25) is 4.79 Å². The molecule has 3 atom stereocenters. The number of hydrogen-bond acceptors (Lipinski definition) is 4. The molecule has 3 rings (SSSR count). The van der Waals surface area contributed by atoms with Crippen molar-refractivity contribution in [3.63, 3.8) is 0 Å². The highest BCUT2D eigenvalue weighted by molar-refractivity contribution is 7.17. The van der Waals surface area contributed by atoms with Crippen LogP contribution in [-0.4, -0.2) is 16.9 Å². The first-order valence-corrected chi connectivity index (χ1v) is 7.50. The van der Waals surface area contributed by atoms with Gasteiger partial charge < -0.3 is 11.1 Å². The van der Waals surface area contributed by atoms with Gasteiger partial charge in [-0.15, -0.1) is 0 Å². The minimum absolute atomic E-state index is 0.0132. The van der Waals surface area contributed by atoms with Crippen LogP contribution in [0.2, 0.25) is 0 Å². The zero-order valence-corrected chi connectivity index (χ0v) is 11.4. The number of nitrogens with one attached hydrogen (secondary N) is 1. The molecule has 0 spiro atoms. The van der Waals surface area contributed by atoms with E-state index in [1.807, 2.05) is 6.92 Å². The number of hydrogen-bond donors (Lipinski definition) is 2. The Hall–Kier alpha value is -1.10. The van der Waals surface area contributed by atoms with Crippen LogP contribution in [0, 0.1) is 18.8 Å². The average Bonchev–Trinajstić information content (AvgIpc) is 2.96. The Morgan fingerprint density at radius 2 is 2.22 bits per heavy atom. The van der Waals surface area contributed by atoms with Crippen molar-refractivity contribution in [1.82, 2.24) is 10.3 Å². The number of nitrogens with zero attached hydrogens (tertiary/aromatic N) is 1. The Kier molecular flexibility index (Phi) is 3.01. The summed E-state index contributed by atoms with van der Waals surface area (Å²) >= 11 is 1.29. The summed E-state index contributed by atoms with van der Waals surface area (Å²) in [5.74, 6) is 1.57. The number of carbonyl (C=O) groups excluding carboxylic acids is 1. The van der Waals surface area contributed by atoms with Gasteiger partial charge in [0.2, 0.25) is 0 Å². The zero-order valence-electron chi connectivity index (χ0n) is 10.6. The van der Waals surface area contributed by atoms with Crippen LogP contribution in [-0.2, 0) is 0 Å². The van der Waals surface area contributed by atoms with E-state index in [0.29, 0.717) is 22.0 Å². The van der Waals surface area contributed by atoms with Gasteiger partial charge in [0.25, 0.3) is 5.91 Å². The summed E-state index contributed by atoms with van der Waals surface area (Å²) in [6, 6.07) is 0.368. The fraction of sp³-hybridized carbons (Fsp3) is 0.692. The van der Waals surface area contributed by atoms with E-state index in [-0.39, 0.29) is 5.91 Å². The second-order valence-corrected chi connectivity index (χ2v) is 6.51. The van der Waals surface area contributed by atoms with Crippen molar-refractivity contribution in [2.75, 3.05) is 5.73 Å². The summed E-state index contributed by atoms with van der Waals surface area (Å²) in [5.41, 5.74) is 6.38. The number of aryl methyl sites for hydroxylation is 1. The molecule has 1 heterocycles. The maximum absolute atomic E-state index is 12.2. The average molecular weight is 265 g/mol. The van der Waals surface area contributed by atoms with Crippen LogP contribution in [0.25, 0.3) is 0 Å². The number of thiazole rings is 1. The summed E-state index contributed by atoms with van der Waals surface area (Å²) in [6.07, 6.45) is 6.37. The first kappa shape index (κ1) is 12.0. The van der Waals surface area contributed by atoms with E-state index in [1.165, 1.54) is 37.0 Å². The van der Waals surface area contributed by atoms with E-state index in [2.05, 4.69) is 10.3 Å². The van der Waals surface area contributed by atoms with Gasteiger partial charge in [0.1, 0.15) is 4.88 Å². The molecule has 2 aliphatic rings. The van der Waals surface area contributed by atoms with Crippen LogP contribution in [0.15, 0.2) is 0 Å². The molecule has 0 radical (unpaired) electrons. The van der Waals surface area contributed by atoms with Gasteiger partial charge in [-0.05, 0) is 38.0 Å². The number of nitrogens with two attached hydrogens (primary N) is 1. The molecule has 3 N–H and O–H groups in total. The minimum Gasteiger partial charge on any atom is -0.375 e. The van der Waals surface area contributed by atoms with Gasteiger partial charge in [0.15, 0.2) is 5.13 Å².